The predicted molar refractivity (Wildman–Crippen MR) is 104 cm³/mol. The zero-order valence-electron chi connectivity index (χ0n) is 15.3. The van der Waals surface area contributed by atoms with Crippen LogP contribution in [0.15, 0.2) is 35.3 Å². The normalized spacial score (nSPS) is 19.6. The maximum Gasteiger partial charge on any atom is 0.283 e. The second kappa shape index (κ2) is 5.98. The highest BCUT2D eigenvalue weighted by atomic mass is 16.2. The van der Waals surface area contributed by atoms with E-state index >= 15 is 0 Å². The Morgan fingerprint density at radius 2 is 1.96 bits per heavy atom. The molecule has 0 bridgehead atoms. The number of carbonyl (C=O) groups is 1. The molecule has 5 rings (SSSR count). The van der Waals surface area contributed by atoms with Crippen molar-refractivity contribution < 1.29 is 4.79 Å². The number of benzene rings is 1. The highest BCUT2D eigenvalue weighted by Gasteiger charge is 2.48. The largest absolute Gasteiger partial charge is 0.317 e. The number of aromatic amines is 1. The van der Waals surface area contributed by atoms with Crippen LogP contribution in [0.5, 0.6) is 0 Å². The Hall–Kier alpha value is -3.07. The molecule has 1 spiro atoms. The molecule has 3 heterocycles. The molecular weight excluding hydrogens is 338 g/mol. The van der Waals surface area contributed by atoms with Crippen molar-refractivity contribution in [2.75, 3.05) is 18.0 Å². The smallest absolute Gasteiger partial charge is 0.283 e. The van der Waals surface area contributed by atoms with Gasteiger partial charge in [0.25, 0.3) is 5.91 Å². The molecular formula is C21H21N5O. The zero-order valence-corrected chi connectivity index (χ0v) is 15.3. The molecule has 1 saturated carbocycles. The van der Waals surface area contributed by atoms with Crippen molar-refractivity contribution in [3.63, 3.8) is 0 Å². The number of nitrogens with zero attached hydrogens (tertiary/aromatic N) is 4. The molecule has 136 valence electrons. The summed E-state index contributed by atoms with van der Waals surface area (Å²) in [6, 6.07) is 9.77. The van der Waals surface area contributed by atoms with Gasteiger partial charge in [0, 0.05) is 12.1 Å². The van der Waals surface area contributed by atoms with Gasteiger partial charge in [-0.1, -0.05) is 37.0 Å². The molecule has 27 heavy (non-hydrogen) atoms. The summed E-state index contributed by atoms with van der Waals surface area (Å²) in [5, 5.41) is 0. The minimum Gasteiger partial charge on any atom is -0.317 e. The lowest BCUT2D eigenvalue weighted by molar-refractivity contribution is 0.0841. The van der Waals surface area contributed by atoms with Crippen LogP contribution >= 0.6 is 0 Å². The lowest BCUT2D eigenvalue weighted by Crippen LogP contribution is -2.50. The summed E-state index contributed by atoms with van der Waals surface area (Å²) < 4.78 is 0. The van der Waals surface area contributed by atoms with Crippen LogP contribution in [0.3, 0.4) is 0 Å². The first-order chi connectivity index (χ1) is 13.2. The Morgan fingerprint density at radius 3 is 2.70 bits per heavy atom. The average Bonchev–Trinajstić information content (AvgIpc) is 3.40. The molecule has 3 aliphatic rings. The van der Waals surface area contributed by atoms with E-state index in [-0.39, 0.29) is 11.4 Å². The van der Waals surface area contributed by atoms with E-state index in [4.69, 9.17) is 4.99 Å². The van der Waals surface area contributed by atoms with E-state index in [2.05, 4.69) is 26.7 Å². The average molecular weight is 359 g/mol. The topological polar surface area (TPSA) is 64.6 Å². The maximum absolute atomic E-state index is 13.0. The van der Waals surface area contributed by atoms with Gasteiger partial charge in [-0.2, -0.15) is 0 Å². The van der Waals surface area contributed by atoms with E-state index in [9.17, 15) is 4.79 Å². The monoisotopic (exact) mass is 359 g/mol. The van der Waals surface area contributed by atoms with Gasteiger partial charge in [0.15, 0.2) is 11.5 Å². The van der Waals surface area contributed by atoms with Gasteiger partial charge >= 0.3 is 0 Å². The minimum absolute atomic E-state index is 0.0500. The Morgan fingerprint density at radius 1 is 1.19 bits per heavy atom. The van der Waals surface area contributed by atoms with Gasteiger partial charge in [-0.05, 0) is 37.8 Å². The van der Waals surface area contributed by atoms with Crippen molar-refractivity contribution in [1.29, 1.82) is 0 Å². The second-order valence-electron chi connectivity index (χ2n) is 7.38. The molecule has 1 aromatic heterocycles. The molecule has 1 fully saturated rings. The van der Waals surface area contributed by atoms with Crippen LogP contribution in [0.1, 0.15) is 54.5 Å². The molecule has 1 N–H and O–H groups in total. The highest BCUT2D eigenvalue weighted by Crippen LogP contribution is 2.41. The number of aliphatic imine (C=N–C) groups is 1. The van der Waals surface area contributed by atoms with E-state index in [0.29, 0.717) is 18.1 Å². The molecule has 0 saturated heterocycles. The van der Waals surface area contributed by atoms with Crippen molar-refractivity contribution in [2.24, 2.45) is 4.99 Å². The number of aromatic nitrogens is 2. The molecule has 0 radical (unpaired) electrons. The molecule has 0 atom stereocenters. The predicted octanol–water partition coefficient (Wildman–Crippen LogP) is 2.77. The number of carbonyl (C=O) groups excluding carboxylic acids is 1. The first kappa shape index (κ1) is 16.1. The van der Waals surface area contributed by atoms with Gasteiger partial charge in [-0.3, -0.25) is 14.6 Å². The van der Waals surface area contributed by atoms with Crippen molar-refractivity contribution in [1.82, 2.24) is 14.9 Å². The molecule has 1 aliphatic carbocycles. The van der Waals surface area contributed by atoms with Gasteiger partial charge in [0.1, 0.15) is 5.82 Å². The fourth-order valence-corrected chi connectivity index (χ4v) is 4.29. The summed E-state index contributed by atoms with van der Waals surface area (Å²) in [4.78, 5) is 29.6. The molecule has 6 heteroatoms. The van der Waals surface area contributed by atoms with Crippen molar-refractivity contribution >= 4 is 17.7 Å². The molecule has 1 aromatic carbocycles. The fourth-order valence-electron chi connectivity index (χ4n) is 4.29. The molecule has 2 aliphatic heterocycles. The first-order valence-electron chi connectivity index (χ1n) is 9.55. The van der Waals surface area contributed by atoms with Crippen LogP contribution in [0.25, 0.3) is 0 Å². The fraction of sp³-hybridized carbons (Fsp3) is 0.381. The van der Waals surface area contributed by atoms with Crippen molar-refractivity contribution in [3.05, 3.63) is 47.4 Å². The van der Waals surface area contributed by atoms with Crippen LogP contribution in [0.2, 0.25) is 0 Å². The van der Waals surface area contributed by atoms with Crippen molar-refractivity contribution in [2.45, 2.75) is 38.1 Å². The number of anilines is 1. The van der Waals surface area contributed by atoms with Crippen LogP contribution < -0.4 is 4.90 Å². The number of fused-ring (bicyclic) bond motifs is 3. The van der Waals surface area contributed by atoms with Crippen molar-refractivity contribution in [3.8, 4) is 11.8 Å². The number of nitrogens with one attached hydrogen (secondary N) is 1. The number of hydrogen-bond acceptors (Lipinski definition) is 4. The Labute approximate surface area is 158 Å². The summed E-state index contributed by atoms with van der Waals surface area (Å²) in [5.74, 6) is 8.09. The summed E-state index contributed by atoms with van der Waals surface area (Å²) in [7, 11) is 0. The summed E-state index contributed by atoms with van der Waals surface area (Å²) in [6.07, 6.45) is 4.58. The lowest BCUT2D eigenvalue weighted by atomic mass is 9.99. The zero-order chi connectivity index (χ0) is 18.4. The van der Waals surface area contributed by atoms with Gasteiger partial charge in [0.2, 0.25) is 5.96 Å². The number of H-pyrrole nitrogens is 1. The number of hydrogen-bond donors (Lipinski definition) is 1. The summed E-state index contributed by atoms with van der Waals surface area (Å²) in [5.41, 5.74) is 1.32. The lowest BCUT2D eigenvalue weighted by Gasteiger charge is -2.32. The SMILES string of the molecule is CCN1C(=O)c2nc(C#Cc3ccccc3)[nH]c2N2CC3(CCCC3)N=C12. The third-order valence-electron chi connectivity index (χ3n) is 5.62. The maximum atomic E-state index is 13.0. The van der Waals surface area contributed by atoms with E-state index in [1.54, 1.807) is 4.90 Å². The van der Waals surface area contributed by atoms with Gasteiger partial charge in [0.05, 0.1) is 12.1 Å². The minimum atomic E-state index is -0.0958. The highest BCUT2D eigenvalue weighted by molar-refractivity contribution is 6.18. The number of guanidine groups is 1. The number of rotatable bonds is 1. The first-order valence-corrected chi connectivity index (χ1v) is 9.55. The molecule has 1 amide bonds. The van der Waals surface area contributed by atoms with E-state index in [0.717, 1.165) is 36.7 Å². The standard InChI is InChI=1S/C21H21N5O/c1-2-25-19(27)17-18(26-14-21(24-20(25)26)12-6-7-13-21)23-16(22-17)11-10-15-8-4-3-5-9-15/h3-5,8-9H,2,6-7,12-14H2,1H3,(H,22,23). The van der Waals surface area contributed by atoms with Crippen LogP contribution in [0, 0.1) is 11.8 Å². The number of amides is 1. The molecule has 0 unspecified atom stereocenters. The Bertz CT molecular complexity index is 989. The molecule has 2 aromatic rings. The van der Waals surface area contributed by atoms with Gasteiger partial charge < -0.3 is 4.98 Å². The van der Waals surface area contributed by atoms with Gasteiger partial charge in [-0.25, -0.2) is 9.98 Å². The van der Waals surface area contributed by atoms with Gasteiger partial charge in [-0.15, -0.1) is 0 Å². The third-order valence-corrected chi connectivity index (χ3v) is 5.62. The van der Waals surface area contributed by atoms with Crippen LogP contribution in [-0.2, 0) is 0 Å². The van der Waals surface area contributed by atoms with E-state index < -0.39 is 0 Å². The summed E-state index contributed by atoms with van der Waals surface area (Å²) >= 11 is 0. The number of imidazole rings is 1. The van der Waals surface area contributed by atoms with E-state index in [1.807, 2.05) is 37.3 Å². The third kappa shape index (κ3) is 2.54. The Balaban J connectivity index is 1.54. The summed E-state index contributed by atoms with van der Waals surface area (Å²) in [6.45, 7) is 3.38. The molecule has 6 nitrogen and oxygen atoms in total. The van der Waals surface area contributed by atoms with Crippen LogP contribution in [-0.4, -0.2) is 45.4 Å². The second-order valence-corrected chi connectivity index (χ2v) is 7.38. The van der Waals surface area contributed by atoms with E-state index in [1.165, 1.54) is 12.8 Å². The quantitative estimate of drug-likeness (QED) is 0.797. The van der Waals surface area contributed by atoms with Crippen LogP contribution in [0.4, 0.5) is 5.82 Å². The Kier molecular flexibility index (Phi) is 3.57.